The summed E-state index contributed by atoms with van der Waals surface area (Å²) in [6.45, 7) is 1.63. The van der Waals surface area contributed by atoms with Crippen molar-refractivity contribution in [1.82, 2.24) is 5.43 Å². The van der Waals surface area contributed by atoms with E-state index in [4.69, 9.17) is 37.4 Å². The first-order valence-electron chi connectivity index (χ1n) is 9.60. The minimum atomic E-state index is -0.530. The number of nitrogens with one attached hydrogen (secondary N) is 1. The van der Waals surface area contributed by atoms with E-state index < -0.39 is 11.9 Å². The molecule has 3 aromatic rings. The molecule has 166 valence electrons. The van der Waals surface area contributed by atoms with Crippen molar-refractivity contribution in [2.75, 3.05) is 20.3 Å². The predicted molar refractivity (Wildman–Crippen MR) is 124 cm³/mol. The van der Waals surface area contributed by atoms with Crippen LogP contribution in [0.5, 0.6) is 11.5 Å². The zero-order valence-corrected chi connectivity index (χ0v) is 18.9. The third kappa shape index (κ3) is 5.69. The summed E-state index contributed by atoms with van der Waals surface area (Å²) >= 11 is 12.4. The molecule has 0 aliphatic carbocycles. The molecule has 1 N–H and O–H groups in total. The van der Waals surface area contributed by atoms with Gasteiger partial charge < -0.3 is 14.2 Å². The molecule has 0 heterocycles. The summed E-state index contributed by atoms with van der Waals surface area (Å²) < 4.78 is 15.5. The molecule has 0 bridgehead atoms. The van der Waals surface area contributed by atoms with Crippen molar-refractivity contribution in [1.29, 1.82) is 0 Å². The molecule has 0 aromatic heterocycles. The number of carbonyl (C=O) groups is 2. The molecule has 0 fully saturated rings. The van der Waals surface area contributed by atoms with Gasteiger partial charge in [-0.15, -0.1) is 0 Å². The third-order valence-electron chi connectivity index (χ3n) is 4.35. The molecule has 0 atom stereocenters. The molecule has 32 heavy (non-hydrogen) atoms. The number of nitrogens with zero attached hydrogens (tertiary/aromatic N) is 1. The Morgan fingerprint density at radius 1 is 1.06 bits per heavy atom. The Balaban J connectivity index is 1.71. The number of hydrogen-bond acceptors (Lipinski definition) is 6. The lowest BCUT2D eigenvalue weighted by atomic mass is 10.1. The Bertz CT molecular complexity index is 1160. The summed E-state index contributed by atoms with van der Waals surface area (Å²) in [4.78, 5) is 24.1. The quantitative estimate of drug-likeness (QED) is 0.286. The first-order valence-corrected chi connectivity index (χ1v) is 10.4. The topological polar surface area (TPSA) is 86.2 Å². The van der Waals surface area contributed by atoms with E-state index in [2.05, 4.69) is 10.5 Å². The highest BCUT2D eigenvalue weighted by molar-refractivity contribution is 6.37. The molecule has 0 spiro atoms. The fourth-order valence-electron chi connectivity index (χ4n) is 2.92. The van der Waals surface area contributed by atoms with Gasteiger partial charge in [0, 0.05) is 0 Å². The van der Waals surface area contributed by atoms with Crippen molar-refractivity contribution in [3.05, 3.63) is 69.7 Å². The number of benzene rings is 3. The van der Waals surface area contributed by atoms with Crippen molar-refractivity contribution >= 4 is 52.1 Å². The number of hydrazone groups is 1. The Hall–Kier alpha value is -3.29. The molecule has 0 aliphatic heterocycles. The van der Waals surface area contributed by atoms with Gasteiger partial charge in [0.15, 0.2) is 12.4 Å². The molecule has 0 saturated heterocycles. The minimum absolute atomic E-state index is 0.156. The van der Waals surface area contributed by atoms with Crippen LogP contribution < -0.4 is 14.9 Å². The average Bonchev–Trinajstić information content (AvgIpc) is 2.77. The number of esters is 1. The summed E-state index contributed by atoms with van der Waals surface area (Å²) in [6, 6.07) is 14.3. The second-order valence-corrected chi connectivity index (χ2v) is 7.32. The molecule has 3 rings (SSSR count). The lowest BCUT2D eigenvalue weighted by Crippen LogP contribution is -2.18. The van der Waals surface area contributed by atoms with Crippen LogP contribution in [-0.4, -0.2) is 38.4 Å². The Labute approximate surface area is 194 Å². The van der Waals surface area contributed by atoms with Gasteiger partial charge in [0.05, 0.1) is 35.5 Å². The van der Waals surface area contributed by atoms with Gasteiger partial charge in [-0.2, -0.15) is 5.10 Å². The van der Waals surface area contributed by atoms with Crippen molar-refractivity contribution in [2.45, 2.75) is 6.92 Å². The van der Waals surface area contributed by atoms with Crippen molar-refractivity contribution < 1.29 is 23.8 Å². The predicted octanol–water partition coefficient (Wildman–Crippen LogP) is 4.86. The number of ether oxygens (including phenoxy) is 3. The largest absolute Gasteiger partial charge is 0.496 e. The van der Waals surface area contributed by atoms with Crippen LogP contribution in [0, 0.1) is 0 Å². The second-order valence-electron chi connectivity index (χ2n) is 6.51. The second kappa shape index (κ2) is 10.8. The van der Waals surface area contributed by atoms with E-state index in [9.17, 15) is 9.59 Å². The lowest BCUT2D eigenvalue weighted by molar-refractivity contribution is -0.145. The molecule has 1 amide bonds. The number of rotatable bonds is 8. The number of fused-ring (bicyclic) bond motifs is 1. The molecule has 0 unspecified atom stereocenters. The third-order valence-corrected chi connectivity index (χ3v) is 4.91. The smallest absolute Gasteiger partial charge is 0.344 e. The Kier molecular flexibility index (Phi) is 7.92. The zero-order valence-electron chi connectivity index (χ0n) is 17.4. The van der Waals surface area contributed by atoms with Gasteiger partial charge >= 0.3 is 5.97 Å². The number of methoxy groups -OCH3 is 1. The standard InChI is InChI=1S/C23H20Cl2N2O5/c1-3-31-21(28)13-32-22-18(24)8-14(9-19(22)25)12-26-27-23(29)17-10-15-6-4-5-7-16(15)11-20(17)30-2/h4-12H,3,13H2,1-2H3,(H,27,29)/b26-12-. The van der Waals surface area contributed by atoms with Crippen LogP contribution in [0.3, 0.4) is 0 Å². The van der Waals surface area contributed by atoms with Crippen LogP contribution >= 0.6 is 23.2 Å². The van der Waals surface area contributed by atoms with Gasteiger partial charge in [0.25, 0.3) is 5.91 Å². The highest BCUT2D eigenvalue weighted by Crippen LogP contribution is 2.34. The summed E-state index contributed by atoms with van der Waals surface area (Å²) in [6.07, 6.45) is 1.39. The lowest BCUT2D eigenvalue weighted by Gasteiger charge is -2.10. The number of carbonyl (C=O) groups excluding carboxylic acids is 2. The fourth-order valence-corrected chi connectivity index (χ4v) is 3.53. The highest BCUT2D eigenvalue weighted by Gasteiger charge is 2.14. The Morgan fingerprint density at radius 3 is 2.34 bits per heavy atom. The van der Waals surface area contributed by atoms with Crippen molar-refractivity contribution in [3.8, 4) is 11.5 Å². The Morgan fingerprint density at radius 2 is 1.72 bits per heavy atom. The van der Waals surface area contributed by atoms with Crippen LogP contribution in [0.25, 0.3) is 10.8 Å². The molecular weight excluding hydrogens is 455 g/mol. The van der Waals surface area contributed by atoms with Gasteiger partial charge in [-0.25, -0.2) is 10.2 Å². The summed E-state index contributed by atoms with van der Waals surface area (Å²) in [5.41, 5.74) is 3.34. The fraction of sp³-hybridized carbons (Fsp3) is 0.174. The molecule has 3 aromatic carbocycles. The van der Waals surface area contributed by atoms with E-state index in [1.54, 1.807) is 31.2 Å². The van der Waals surface area contributed by atoms with E-state index in [-0.39, 0.29) is 29.0 Å². The van der Waals surface area contributed by atoms with Crippen LogP contribution in [0.15, 0.2) is 53.6 Å². The van der Waals surface area contributed by atoms with Crippen LogP contribution in [-0.2, 0) is 9.53 Å². The van der Waals surface area contributed by atoms with E-state index in [1.165, 1.54) is 13.3 Å². The van der Waals surface area contributed by atoms with Gasteiger partial charge in [0.2, 0.25) is 0 Å². The maximum Gasteiger partial charge on any atom is 0.344 e. The molecular formula is C23H20Cl2N2O5. The zero-order chi connectivity index (χ0) is 23.1. The molecule has 0 aliphatic rings. The first kappa shape index (κ1) is 23.4. The van der Waals surface area contributed by atoms with Gasteiger partial charge in [-0.3, -0.25) is 4.79 Å². The van der Waals surface area contributed by atoms with Gasteiger partial charge in [-0.1, -0.05) is 47.5 Å². The number of halogens is 2. The van der Waals surface area contributed by atoms with Crippen LogP contribution in [0.2, 0.25) is 10.0 Å². The monoisotopic (exact) mass is 474 g/mol. The summed E-state index contributed by atoms with van der Waals surface area (Å²) in [7, 11) is 1.50. The SMILES string of the molecule is CCOC(=O)COc1c(Cl)cc(/C=N\NC(=O)c2cc3ccccc3cc2OC)cc1Cl. The number of amides is 1. The molecule has 0 saturated carbocycles. The van der Waals surface area contributed by atoms with E-state index >= 15 is 0 Å². The first-order chi connectivity index (χ1) is 15.4. The van der Waals surface area contributed by atoms with Gasteiger partial charge in [0.1, 0.15) is 5.75 Å². The summed E-state index contributed by atoms with van der Waals surface area (Å²) in [5.74, 6) is -0.374. The minimum Gasteiger partial charge on any atom is -0.496 e. The summed E-state index contributed by atoms with van der Waals surface area (Å²) in [5, 5.41) is 6.20. The molecule has 9 heteroatoms. The molecule has 0 radical (unpaired) electrons. The maximum atomic E-state index is 12.6. The van der Waals surface area contributed by atoms with Gasteiger partial charge in [-0.05, 0) is 47.5 Å². The maximum absolute atomic E-state index is 12.6. The molecule has 7 nitrogen and oxygen atoms in total. The van der Waals surface area contributed by atoms with Crippen LogP contribution in [0.4, 0.5) is 0 Å². The average molecular weight is 475 g/mol. The van der Waals surface area contributed by atoms with E-state index in [0.717, 1.165) is 10.8 Å². The normalized spacial score (nSPS) is 10.9. The van der Waals surface area contributed by atoms with E-state index in [0.29, 0.717) is 16.9 Å². The highest BCUT2D eigenvalue weighted by atomic mass is 35.5. The van der Waals surface area contributed by atoms with Crippen LogP contribution in [0.1, 0.15) is 22.8 Å². The van der Waals surface area contributed by atoms with Crippen molar-refractivity contribution in [3.63, 3.8) is 0 Å². The van der Waals surface area contributed by atoms with E-state index in [1.807, 2.05) is 24.3 Å². The number of hydrogen-bond donors (Lipinski definition) is 1. The van der Waals surface area contributed by atoms with Crippen molar-refractivity contribution in [2.24, 2.45) is 5.10 Å².